The first-order valence-electron chi connectivity index (χ1n) is 4.96. The van der Waals surface area contributed by atoms with Crippen molar-refractivity contribution in [3.63, 3.8) is 0 Å². The predicted octanol–water partition coefficient (Wildman–Crippen LogP) is 2.07. The largest absolute Gasteiger partial charge is 0.440 e. The maximum absolute atomic E-state index is 11.8. The molecule has 2 rings (SSSR count). The van der Waals surface area contributed by atoms with E-state index in [0.717, 1.165) is 0 Å². The van der Waals surface area contributed by atoms with Gasteiger partial charge in [-0.2, -0.15) is 0 Å². The van der Waals surface area contributed by atoms with Crippen molar-refractivity contribution in [1.82, 2.24) is 9.97 Å². The Kier molecular flexibility index (Phi) is 3.14. The fourth-order valence-electron chi connectivity index (χ4n) is 1.34. The van der Waals surface area contributed by atoms with E-state index >= 15 is 0 Å². The van der Waals surface area contributed by atoms with Crippen LogP contribution < -0.4 is 0 Å². The highest BCUT2D eigenvalue weighted by Crippen LogP contribution is 2.15. The molecule has 0 spiro atoms. The summed E-state index contributed by atoms with van der Waals surface area (Å²) in [5.41, 5.74) is 0.963. The molecule has 0 saturated carbocycles. The lowest BCUT2D eigenvalue weighted by molar-refractivity contribution is 0.0962. The number of ketones is 2. The molecule has 0 aromatic carbocycles. The highest BCUT2D eigenvalue weighted by Gasteiger charge is 2.16. The van der Waals surface area contributed by atoms with Gasteiger partial charge in [0.05, 0.1) is 12.1 Å². The minimum absolute atomic E-state index is 0.101. The minimum Gasteiger partial charge on any atom is -0.440 e. The van der Waals surface area contributed by atoms with Gasteiger partial charge in [0.15, 0.2) is 17.9 Å². The Bertz CT molecular complexity index is 571. The summed E-state index contributed by atoms with van der Waals surface area (Å²) in [7, 11) is 0. The van der Waals surface area contributed by atoms with Crippen molar-refractivity contribution in [2.24, 2.45) is 0 Å². The fraction of sp³-hybridized carbons (Fsp3) is 0.273. The van der Waals surface area contributed by atoms with Crippen LogP contribution >= 0.6 is 11.3 Å². The van der Waals surface area contributed by atoms with Crippen LogP contribution in [0.15, 0.2) is 16.2 Å². The summed E-state index contributed by atoms with van der Waals surface area (Å²) in [6, 6.07) is 0. The Morgan fingerprint density at radius 2 is 2.24 bits per heavy atom. The molecular formula is C11H10N2O3S. The molecule has 0 N–H and O–H groups in total. The predicted molar refractivity (Wildman–Crippen MR) is 61.4 cm³/mol. The van der Waals surface area contributed by atoms with E-state index < -0.39 is 0 Å². The van der Waals surface area contributed by atoms with Gasteiger partial charge in [0, 0.05) is 12.3 Å². The second-order valence-electron chi connectivity index (χ2n) is 3.55. The molecule has 0 aliphatic carbocycles. The number of oxazole rings is 1. The summed E-state index contributed by atoms with van der Waals surface area (Å²) in [6.45, 7) is 3.15. The third-order valence-electron chi connectivity index (χ3n) is 2.22. The van der Waals surface area contributed by atoms with Gasteiger partial charge in [-0.1, -0.05) is 0 Å². The third-order valence-corrected chi connectivity index (χ3v) is 3.07. The van der Waals surface area contributed by atoms with Gasteiger partial charge in [-0.15, -0.1) is 11.3 Å². The van der Waals surface area contributed by atoms with Crippen LogP contribution in [0.3, 0.4) is 0 Å². The van der Waals surface area contributed by atoms with Crippen LogP contribution in [-0.4, -0.2) is 21.5 Å². The number of Topliss-reactive ketones (excluding diaryl/α,β-unsaturated/α-hetero) is 2. The standard InChI is InChI=1S/C11H10N2O3S/c1-6-11(16-5-12-6)9(15)3-10-13-8(4-17-10)7(2)14/h4-5H,3H2,1-2H3. The Hall–Kier alpha value is -1.82. The number of hydrogen-bond donors (Lipinski definition) is 0. The molecule has 0 radical (unpaired) electrons. The zero-order valence-corrected chi connectivity index (χ0v) is 10.2. The van der Waals surface area contributed by atoms with E-state index in [1.54, 1.807) is 12.3 Å². The maximum Gasteiger partial charge on any atom is 0.206 e. The summed E-state index contributed by atoms with van der Waals surface area (Å²) in [6.07, 6.45) is 1.37. The molecule has 0 aliphatic rings. The smallest absolute Gasteiger partial charge is 0.206 e. The van der Waals surface area contributed by atoms with Gasteiger partial charge >= 0.3 is 0 Å². The van der Waals surface area contributed by atoms with Crippen molar-refractivity contribution < 1.29 is 14.0 Å². The number of nitrogens with zero attached hydrogens (tertiary/aromatic N) is 2. The second kappa shape index (κ2) is 4.58. The topological polar surface area (TPSA) is 73.1 Å². The number of hydrogen-bond acceptors (Lipinski definition) is 6. The van der Waals surface area contributed by atoms with Crippen molar-refractivity contribution in [1.29, 1.82) is 0 Å². The summed E-state index contributed by atoms with van der Waals surface area (Å²) < 4.78 is 5.00. The highest BCUT2D eigenvalue weighted by molar-refractivity contribution is 7.10. The number of carbonyl (C=O) groups is 2. The van der Waals surface area contributed by atoms with Gasteiger partial charge in [-0.25, -0.2) is 9.97 Å². The Balaban J connectivity index is 2.13. The van der Waals surface area contributed by atoms with E-state index in [4.69, 9.17) is 4.42 Å². The van der Waals surface area contributed by atoms with Gasteiger partial charge in [-0.05, 0) is 6.92 Å². The van der Waals surface area contributed by atoms with E-state index in [1.165, 1.54) is 24.7 Å². The van der Waals surface area contributed by atoms with E-state index in [9.17, 15) is 9.59 Å². The van der Waals surface area contributed by atoms with Crippen LogP contribution in [0, 0.1) is 6.92 Å². The molecule has 0 aliphatic heterocycles. The normalized spacial score (nSPS) is 10.5. The second-order valence-corrected chi connectivity index (χ2v) is 4.49. The maximum atomic E-state index is 11.8. The van der Waals surface area contributed by atoms with Gasteiger partial charge < -0.3 is 4.42 Å². The van der Waals surface area contributed by atoms with Crippen molar-refractivity contribution in [3.8, 4) is 0 Å². The molecule has 0 atom stereocenters. The average molecular weight is 250 g/mol. The van der Waals surface area contributed by atoms with Crippen LogP contribution in [0.4, 0.5) is 0 Å². The third kappa shape index (κ3) is 2.47. The molecule has 2 aromatic rings. The molecule has 0 bridgehead atoms. The lowest BCUT2D eigenvalue weighted by Crippen LogP contribution is -2.04. The van der Waals surface area contributed by atoms with Gasteiger partial charge in [0.2, 0.25) is 5.78 Å². The Morgan fingerprint density at radius 1 is 1.47 bits per heavy atom. The van der Waals surface area contributed by atoms with Gasteiger partial charge in [0.1, 0.15) is 10.7 Å². The van der Waals surface area contributed by atoms with E-state index in [0.29, 0.717) is 16.4 Å². The molecule has 0 fully saturated rings. The molecule has 0 saturated heterocycles. The number of aromatic nitrogens is 2. The lowest BCUT2D eigenvalue weighted by Gasteiger charge is -1.94. The van der Waals surface area contributed by atoms with E-state index in [-0.39, 0.29) is 23.7 Å². The summed E-state index contributed by atoms with van der Waals surface area (Å²) in [5.74, 6) is -0.0233. The van der Waals surface area contributed by atoms with Gasteiger partial charge in [0.25, 0.3) is 0 Å². The molecule has 88 valence electrons. The highest BCUT2D eigenvalue weighted by atomic mass is 32.1. The molecule has 6 heteroatoms. The number of thiazole rings is 1. The quantitative estimate of drug-likeness (QED) is 0.776. The average Bonchev–Trinajstić information content (AvgIpc) is 2.86. The minimum atomic E-state index is -0.176. The SMILES string of the molecule is CC(=O)c1csc(CC(=O)c2ocnc2C)n1. The van der Waals surface area contributed by atoms with Crippen molar-refractivity contribution in [3.05, 3.63) is 33.9 Å². The zero-order chi connectivity index (χ0) is 12.4. The first-order chi connectivity index (χ1) is 8.08. The Labute approximate surface area is 102 Å². The van der Waals surface area contributed by atoms with Crippen LogP contribution in [0.5, 0.6) is 0 Å². The van der Waals surface area contributed by atoms with Crippen LogP contribution in [0.1, 0.15) is 38.7 Å². The molecular weight excluding hydrogens is 240 g/mol. The van der Waals surface area contributed by atoms with Crippen molar-refractivity contribution >= 4 is 22.9 Å². The Morgan fingerprint density at radius 3 is 2.76 bits per heavy atom. The molecule has 5 nitrogen and oxygen atoms in total. The van der Waals surface area contributed by atoms with Crippen LogP contribution in [0.2, 0.25) is 0 Å². The number of aryl methyl sites for hydroxylation is 1. The number of carbonyl (C=O) groups excluding carboxylic acids is 2. The summed E-state index contributed by atoms with van der Waals surface area (Å²) >= 11 is 1.29. The number of rotatable bonds is 4. The molecule has 2 aromatic heterocycles. The zero-order valence-electron chi connectivity index (χ0n) is 9.39. The van der Waals surface area contributed by atoms with Crippen molar-refractivity contribution in [2.75, 3.05) is 0 Å². The van der Waals surface area contributed by atoms with Crippen molar-refractivity contribution in [2.45, 2.75) is 20.3 Å². The van der Waals surface area contributed by atoms with Crippen LogP contribution in [-0.2, 0) is 6.42 Å². The monoisotopic (exact) mass is 250 g/mol. The van der Waals surface area contributed by atoms with Crippen LogP contribution in [0.25, 0.3) is 0 Å². The molecule has 17 heavy (non-hydrogen) atoms. The summed E-state index contributed by atoms with van der Waals surface area (Å²) in [4.78, 5) is 30.8. The molecule has 0 amide bonds. The molecule has 0 unspecified atom stereocenters. The van der Waals surface area contributed by atoms with Gasteiger partial charge in [-0.3, -0.25) is 9.59 Å². The first-order valence-corrected chi connectivity index (χ1v) is 5.84. The summed E-state index contributed by atoms with van der Waals surface area (Å²) in [5, 5.41) is 2.26. The van der Waals surface area contributed by atoms with E-state index in [1.807, 2.05) is 0 Å². The lowest BCUT2D eigenvalue weighted by atomic mass is 10.2. The van der Waals surface area contributed by atoms with E-state index in [2.05, 4.69) is 9.97 Å². The molecule has 2 heterocycles. The first kappa shape index (κ1) is 11.7. The fourth-order valence-corrected chi connectivity index (χ4v) is 2.17.